The number of benzene rings is 1. The van der Waals surface area contributed by atoms with Crippen LogP contribution in [0.15, 0.2) is 42.6 Å². The van der Waals surface area contributed by atoms with Crippen molar-refractivity contribution >= 4 is 17.4 Å². The van der Waals surface area contributed by atoms with Gasteiger partial charge in [0, 0.05) is 11.8 Å². The number of anilines is 1. The molecule has 6 nitrogen and oxygen atoms in total. The number of nitrogens with zero attached hydrogens (tertiary/aromatic N) is 2. The minimum absolute atomic E-state index is 0.0821. The summed E-state index contributed by atoms with van der Waals surface area (Å²) in [7, 11) is 1.63. The quantitative estimate of drug-likeness (QED) is 0.698. The summed E-state index contributed by atoms with van der Waals surface area (Å²) < 4.78 is 12.2. The van der Waals surface area contributed by atoms with Crippen LogP contribution in [-0.2, 0) is 9.53 Å². The zero-order valence-electron chi connectivity index (χ0n) is 14.6. The molecule has 0 radical (unpaired) electrons. The molecular weight excluding hydrogens is 318 g/mol. The second-order valence-corrected chi connectivity index (χ2v) is 5.63. The van der Waals surface area contributed by atoms with E-state index in [2.05, 4.69) is 5.32 Å². The number of rotatable bonds is 6. The summed E-state index contributed by atoms with van der Waals surface area (Å²) in [6.45, 7) is 4.25. The predicted molar refractivity (Wildman–Crippen MR) is 97.0 cm³/mol. The zero-order valence-corrected chi connectivity index (χ0v) is 14.6. The molecule has 0 amide bonds. The Kier molecular flexibility index (Phi) is 4.88. The van der Waals surface area contributed by atoms with Crippen LogP contribution in [0.2, 0.25) is 0 Å². The second-order valence-electron chi connectivity index (χ2n) is 5.63. The lowest BCUT2D eigenvalue weighted by atomic mass is 10.1. The average molecular weight is 339 g/mol. The van der Waals surface area contributed by atoms with E-state index >= 15 is 0 Å². The third-order valence-electron chi connectivity index (χ3n) is 3.84. The lowest BCUT2D eigenvalue weighted by Gasteiger charge is -2.09. The highest BCUT2D eigenvalue weighted by atomic mass is 16.5. The van der Waals surface area contributed by atoms with Gasteiger partial charge in [-0.3, -0.25) is 9.20 Å². The number of hydrogen-bond donors (Lipinski definition) is 1. The number of hydrogen-bond acceptors (Lipinski definition) is 5. The highest BCUT2D eigenvalue weighted by Crippen LogP contribution is 2.30. The normalized spacial score (nSPS) is 10.7. The molecule has 3 aromatic rings. The summed E-state index contributed by atoms with van der Waals surface area (Å²) >= 11 is 0. The highest BCUT2D eigenvalue weighted by molar-refractivity contribution is 5.81. The van der Waals surface area contributed by atoms with Crippen molar-refractivity contribution in [3.8, 4) is 17.0 Å². The molecule has 0 atom stereocenters. The standard InChI is InChI=1S/C19H21N3O3/c1-4-25-17(23)11-20-19-18(14-6-8-15(24-3)9-7-14)21-16-10-5-13(2)12-22(16)19/h5-10,12,20H,4,11H2,1-3H3. The number of fused-ring (bicyclic) bond motifs is 1. The topological polar surface area (TPSA) is 64.9 Å². The minimum atomic E-state index is -0.300. The van der Waals surface area contributed by atoms with E-state index in [-0.39, 0.29) is 12.5 Å². The molecule has 0 aliphatic rings. The third kappa shape index (κ3) is 3.57. The molecule has 130 valence electrons. The molecule has 6 heteroatoms. The van der Waals surface area contributed by atoms with E-state index in [4.69, 9.17) is 14.5 Å². The molecule has 25 heavy (non-hydrogen) atoms. The summed E-state index contributed by atoms with van der Waals surface area (Å²) in [4.78, 5) is 16.5. The molecule has 0 saturated carbocycles. The van der Waals surface area contributed by atoms with Crippen LogP contribution in [-0.4, -0.2) is 35.6 Å². The number of methoxy groups -OCH3 is 1. The summed E-state index contributed by atoms with van der Waals surface area (Å²) in [6.07, 6.45) is 1.99. The van der Waals surface area contributed by atoms with Crippen LogP contribution in [0.3, 0.4) is 0 Å². The number of aromatic nitrogens is 2. The van der Waals surface area contributed by atoms with Crippen molar-refractivity contribution in [2.45, 2.75) is 13.8 Å². The Morgan fingerprint density at radius 2 is 1.96 bits per heavy atom. The highest BCUT2D eigenvalue weighted by Gasteiger charge is 2.15. The number of nitrogens with one attached hydrogen (secondary N) is 1. The van der Waals surface area contributed by atoms with E-state index in [1.165, 1.54) is 0 Å². The monoisotopic (exact) mass is 339 g/mol. The first-order chi connectivity index (χ1) is 12.1. The molecule has 0 aliphatic heterocycles. The number of carbonyl (C=O) groups is 1. The number of imidazole rings is 1. The van der Waals surface area contributed by atoms with Gasteiger partial charge in [0.25, 0.3) is 0 Å². The molecule has 3 rings (SSSR count). The molecule has 0 aliphatic carbocycles. The van der Waals surface area contributed by atoms with Crippen molar-refractivity contribution < 1.29 is 14.3 Å². The van der Waals surface area contributed by atoms with Crippen LogP contribution in [0.4, 0.5) is 5.82 Å². The molecule has 1 aromatic carbocycles. The van der Waals surface area contributed by atoms with E-state index in [9.17, 15) is 4.79 Å². The van der Waals surface area contributed by atoms with E-state index in [1.807, 2.05) is 53.9 Å². The molecule has 0 fully saturated rings. The van der Waals surface area contributed by atoms with Crippen LogP contribution in [0.1, 0.15) is 12.5 Å². The first-order valence-electron chi connectivity index (χ1n) is 8.15. The number of esters is 1. The summed E-state index contributed by atoms with van der Waals surface area (Å²) in [5.74, 6) is 1.24. The smallest absolute Gasteiger partial charge is 0.325 e. The Balaban J connectivity index is 2.03. The minimum Gasteiger partial charge on any atom is -0.497 e. The third-order valence-corrected chi connectivity index (χ3v) is 3.84. The molecule has 0 spiro atoms. The van der Waals surface area contributed by atoms with Crippen LogP contribution >= 0.6 is 0 Å². The molecule has 2 aromatic heterocycles. The molecule has 2 heterocycles. The zero-order chi connectivity index (χ0) is 17.8. The van der Waals surface area contributed by atoms with Gasteiger partial charge >= 0.3 is 5.97 Å². The van der Waals surface area contributed by atoms with E-state index < -0.39 is 0 Å². The van der Waals surface area contributed by atoms with E-state index in [0.29, 0.717) is 6.61 Å². The van der Waals surface area contributed by atoms with Crippen LogP contribution in [0.25, 0.3) is 16.9 Å². The Bertz CT molecular complexity index is 885. The van der Waals surface area contributed by atoms with Gasteiger partial charge in [0.2, 0.25) is 0 Å². The summed E-state index contributed by atoms with van der Waals surface area (Å²) in [5.41, 5.74) is 3.62. The van der Waals surface area contributed by atoms with Crippen molar-refractivity contribution in [1.82, 2.24) is 9.38 Å². The number of aryl methyl sites for hydroxylation is 1. The SMILES string of the molecule is CCOC(=O)CNc1c(-c2ccc(OC)cc2)nc2ccc(C)cn12. The van der Waals surface area contributed by atoms with Gasteiger partial charge in [-0.1, -0.05) is 6.07 Å². The maximum absolute atomic E-state index is 11.7. The fraction of sp³-hybridized carbons (Fsp3) is 0.263. The van der Waals surface area contributed by atoms with Gasteiger partial charge in [0.1, 0.15) is 29.5 Å². The first kappa shape index (κ1) is 16.8. The molecular formula is C19H21N3O3. The Morgan fingerprint density at radius 1 is 1.20 bits per heavy atom. The van der Waals surface area contributed by atoms with Gasteiger partial charge in [0.05, 0.1) is 13.7 Å². The van der Waals surface area contributed by atoms with E-state index in [0.717, 1.165) is 34.0 Å². The Labute approximate surface area is 146 Å². The molecule has 0 saturated heterocycles. The van der Waals surface area contributed by atoms with Gasteiger partial charge in [-0.2, -0.15) is 0 Å². The van der Waals surface area contributed by atoms with Crippen LogP contribution in [0.5, 0.6) is 5.75 Å². The first-order valence-corrected chi connectivity index (χ1v) is 8.15. The van der Waals surface area contributed by atoms with Crippen LogP contribution < -0.4 is 10.1 Å². The second kappa shape index (κ2) is 7.25. The van der Waals surface area contributed by atoms with Crippen molar-refractivity contribution in [3.05, 3.63) is 48.2 Å². The van der Waals surface area contributed by atoms with Gasteiger partial charge in [-0.15, -0.1) is 0 Å². The van der Waals surface area contributed by atoms with Gasteiger partial charge < -0.3 is 14.8 Å². The van der Waals surface area contributed by atoms with Gasteiger partial charge in [-0.25, -0.2) is 4.98 Å². The van der Waals surface area contributed by atoms with Gasteiger partial charge in [0.15, 0.2) is 0 Å². The predicted octanol–water partition coefficient (Wildman–Crippen LogP) is 3.29. The summed E-state index contributed by atoms with van der Waals surface area (Å²) in [6, 6.07) is 11.6. The molecule has 0 bridgehead atoms. The number of carbonyl (C=O) groups excluding carboxylic acids is 1. The Hall–Kier alpha value is -3.02. The fourth-order valence-corrected chi connectivity index (χ4v) is 2.64. The maximum atomic E-state index is 11.7. The van der Waals surface area contributed by atoms with Crippen molar-refractivity contribution in [2.75, 3.05) is 25.6 Å². The lowest BCUT2D eigenvalue weighted by Crippen LogP contribution is -2.17. The van der Waals surface area contributed by atoms with Crippen molar-refractivity contribution in [2.24, 2.45) is 0 Å². The maximum Gasteiger partial charge on any atom is 0.325 e. The van der Waals surface area contributed by atoms with Crippen molar-refractivity contribution in [1.29, 1.82) is 0 Å². The number of ether oxygens (including phenoxy) is 2. The van der Waals surface area contributed by atoms with Crippen molar-refractivity contribution in [3.63, 3.8) is 0 Å². The fourth-order valence-electron chi connectivity index (χ4n) is 2.64. The largest absolute Gasteiger partial charge is 0.497 e. The Morgan fingerprint density at radius 3 is 2.64 bits per heavy atom. The molecule has 0 unspecified atom stereocenters. The number of pyridine rings is 1. The lowest BCUT2D eigenvalue weighted by molar-refractivity contribution is -0.140. The summed E-state index contributed by atoms with van der Waals surface area (Å²) in [5, 5.41) is 3.17. The molecule has 1 N–H and O–H groups in total. The van der Waals surface area contributed by atoms with Gasteiger partial charge in [-0.05, 0) is 49.7 Å². The van der Waals surface area contributed by atoms with Crippen LogP contribution in [0, 0.1) is 6.92 Å². The van der Waals surface area contributed by atoms with E-state index in [1.54, 1.807) is 14.0 Å². The average Bonchev–Trinajstić information content (AvgIpc) is 2.98.